The third-order valence-electron chi connectivity index (χ3n) is 2.19. The third kappa shape index (κ3) is 3.33. The molecule has 0 amide bonds. The monoisotopic (exact) mass is 292 g/mol. The molecule has 0 aromatic carbocycles. The molecule has 0 N–H and O–H groups in total. The van der Waals surface area contributed by atoms with Crippen LogP contribution in [0.15, 0.2) is 16.7 Å². The normalized spacial score (nSPS) is 12.6. The Kier molecular flexibility index (Phi) is 4.83. The first kappa shape index (κ1) is 12.7. The molecule has 1 atom stereocenters. The fraction of sp³-hybridized carbons (Fsp3) is 0.500. The Hall–Kier alpha value is -0.320. The number of hydrogen-bond donors (Lipinski definition) is 0. The Morgan fingerprint density at radius 2 is 2.33 bits per heavy atom. The highest BCUT2D eigenvalue weighted by molar-refractivity contribution is 9.10. The molecule has 1 unspecified atom stereocenters. The summed E-state index contributed by atoms with van der Waals surface area (Å²) in [4.78, 5) is 6.32. The summed E-state index contributed by atoms with van der Waals surface area (Å²) in [6, 6.07) is 2.10. The van der Waals surface area contributed by atoms with E-state index in [-0.39, 0.29) is 6.04 Å². The van der Waals surface area contributed by atoms with Gasteiger partial charge in [0.1, 0.15) is 5.82 Å². The van der Waals surface area contributed by atoms with Crippen molar-refractivity contribution in [2.45, 2.75) is 13.0 Å². The molecule has 15 heavy (non-hydrogen) atoms. The zero-order valence-electron chi connectivity index (χ0n) is 9.00. The van der Waals surface area contributed by atoms with Crippen LogP contribution < -0.4 is 4.90 Å². The van der Waals surface area contributed by atoms with Crippen molar-refractivity contribution in [1.29, 1.82) is 0 Å². The molecule has 3 nitrogen and oxygen atoms in total. The van der Waals surface area contributed by atoms with Gasteiger partial charge in [0, 0.05) is 20.4 Å². The Morgan fingerprint density at radius 3 is 2.87 bits per heavy atom. The molecule has 0 aliphatic rings. The number of halogens is 2. The molecule has 84 valence electrons. The molecule has 0 saturated heterocycles. The van der Waals surface area contributed by atoms with E-state index in [4.69, 9.17) is 16.3 Å². The van der Waals surface area contributed by atoms with Crippen LogP contribution in [-0.4, -0.2) is 31.8 Å². The molecule has 5 heteroatoms. The number of nitrogens with zero attached hydrogens (tertiary/aromatic N) is 2. The minimum atomic E-state index is 0.264. The van der Waals surface area contributed by atoms with Crippen molar-refractivity contribution in [3.63, 3.8) is 0 Å². The number of methoxy groups -OCH3 is 1. The lowest BCUT2D eigenvalue weighted by atomic mass is 10.3. The van der Waals surface area contributed by atoms with Crippen LogP contribution in [0.4, 0.5) is 5.82 Å². The van der Waals surface area contributed by atoms with Crippen LogP contribution in [0.3, 0.4) is 0 Å². The summed E-state index contributed by atoms with van der Waals surface area (Å²) in [6.45, 7) is 2.74. The van der Waals surface area contributed by atoms with Gasteiger partial charge in [0.05, 0.1) is 22.1 Å². The largest absolute Gasteiger partial charge is 0.383 e. The lowest BCUT2D eigenvalue weighted by Gasteiger charge is -2.26. The van der Waals surface area contributed by atoms with Gasteiger partial charge in [0.25, 0.3) is 0 Å². The van der Waals surface area contributed by atoms with E-state index in [0.717, 1.165) is 10.3 Å². The van der Waals surface area contributed by atoms with Gasteiger partial charge < -0.3 is 9.64 Å². The van der Waals surface area contributed by atoms with E-state index in [1.165, 1.54) is 0 Å². The van der Waals surface area contributed by atoms with Gasteiger partial charge in [-0.05, 0) is 28.9 Å². The lowest BCUT2D eigenvalue weighted by Crippen LogP contribution is -2.33. The topological polar surface area (TPSA) is 25.4 Å². The van der Waals surface area contributed by atoms with Crippen LogP contribution in [0.1, 0.15) is 6.92 Å². The number of likely N-dealkylation sites (N-methyl/N-ethyl adjacent to an activating group) is 1. The highest BCUT2D eigenvalue weighted by atomic mass is 79.9. The summed E-state index contributed by atoms with van der Waals surface area (Å²) >= 11 is 9.26. The molecule has 0 aliphatic heterocycles. The van der Waals surface area contributed by atoms with Crippen molar-refractivity contribution in [3.8, 4) is 0 Å². The summed E-state index contributed by atoms with van der Waals surface area (Å²) in [5.74, 6) is 0.865. The van der Waals surface area contributed by atoms with E-state index in [1.54, 1.807) is 13.3 Å². The van der Waals surface area contributed by atoms with Crippen molar-refractivity contribution < 1.29 is 4.74 Å². The summed E-state index contributed by atoms with van der Waals surface area (Å²) < 4.78 is 5.99. The zero-order chi connectivity index (χ0) is 11.4. The number of ether oxygens (including phenoxy) is 1. The molecule has 0 fully saturated rings. The highest BCUT2D eigenvalue weighted by Crippen LogP contribution is 2.26. The molecule has 0 spiro atoms. The van der Waals surface area contributed by atoms with Crippen molar-refractivity contribution in [3.05, 3.63) is 21.8 Å². The molecular formula is C10H14BrClN2O. The SMILES string of the molecule is COCC(C)N(C)c1ncc(Cl)cc1Br. The lowest BCUT2D eigenvalue weighted by molar-refractivity contribution is 0.183. The summed E-state index contributed by atoms with van der Waals surface area (Å²) in [6.07, 6.45) is 1.64. The number of anilines is 1. The van der Waals surface area contributed by atoms with Crippen molar-refractivity contribution >= 4 is 33.3 Å². The number of rotatable bonds is 4. The fourth-order valence-electron chi connectivity index (χ4n) is 1.23. The number of aromatic nitrogens is 1. The van der Waals surface area contributed by atoms with Crippen LogP contribution in [0.25, 0.3) is 0 Å². The predicted molar refractivity (Wildman–Crippen MR) is 66.7 cm³/mol. The standard InChI is InChI=1S/C10H14BrClN2O/c1-7(6-15-3)14(2)10-9(11)4-8(12)5-13-10/h4-5,7H,6H2,1-3H3. The van der Waals surface area contributed by atoms with Gasteiger partial charge in [-0.1, -0.05) is 11.6 Å². The molecule has 0 radical (unpaired) electrons. The van der Waals surface area contributed by atoms with Gasteiger partial charge in [0.15, 0.2) is 0 Å². The van der Waals surface area contributed by atoms with Gasteiger partial charge in [0.2, 0.25) is 0 Å². The first-order chi connectivity index (χ1) is 7.06. The summed E-state index contributed by atoms with van der Waals surface area (Å²) in [7, 11) is 3.67. The molecule has 1 heterocycles. The van der Waals surface area contributed by atoms with Crippen LogP contribution in [0.2, 0.25) is 5.02 Å². The second-order valence-electron chi connectivity index (χ2n) is 3.37. The Labute approximate surface area is 104 Å². The van der Waals surface area contributed by atoms with Gasteiger partial charge in [-0.15, -0.1) is 0 Å². The van der Waals surface area contributed by atoms with E-state index >= 15 is 0 Å². The Bertz CT molecular complexity index is 335. The predicted octanol–water partition coefficient (Wildman–Crippen LogP) is 2.97. The maximum absolute atomic E-state index is 5.83. The van der Waals surface area contributed by atoms with E-state index in [1.807, 2.05) is 18.0 Å². The van der Waals surface area contributed by atoms with Crippen LogP contribution >= 0.6 is 27.5 Å². The van der Waals surface area contributed by atoms with Crippen molar-refractivity contribution in [2.24, 2.45) is 0 Å². The minimum absolute atomic E-state index is 0.264. The maximum atomic E-state index is 5.83. The molecule has 1 rings (SSSR count). The van der Waals surface area contributed by atoms with Gasteiger partial charge in [-0.2, -0.15) is 0 Å². The average molecular weight is 294 g/mol. The molecule has 0 saturated carbocycles. The highest BCUT2D eigenvalue weighted by Gasteiger charge is 2.13. The summed E-state index contributed by atoms with van der Waals surface area (Å²) in [5, 5.41) is 0.624. The Morgan fingerprint density at radius 1 is 1.67 bits per heavy atom. The van der Waals surface area contributed by atoms with Crippen LogP contribution in [0, 0.1) is 0 Å². The van der Waals surface area contributed by atoms with Crippen LogP contribution in [-0.2, 0) is 4.74 Å². The molecule has 1 aromatic heterocycles. The number of pyridine rings is 1. The summed E-state index contributed by atoms with van der Waals surface area (Å²) in [5.41, 5.74) is 0. The fourth-order valence-corrected chi connectivity index (χ4v) is 2.15. The minimum Gasteiger partial charge on any atom is -0.383 e. The smallest absolute Gasteiger partial charge is 0.143 e. The zero-order valence-corrected chi connectivity index (χ0v) is 11.3. The van der Waals surface area contributed by atoms with Crippen LogP contribution in [0.5, 0.6) is 0 Å². The van der Waals surface area contributed by atoms with E-state index in [9.17, 15) is 0 Å². The molecule has 0 aliphatic carbocycles. The second kappa shape index (κ2) is 5.68. The quantitative estimate of drug-likeness (QED) is 0.853. The van der Waals surface area contributed by atoms with E-state index < -0.39 is 0 Å². The van der Waals surface area contributed by atoms with Gasteiger partial charge >= 0.3 is 0 Å². The second-order valence-corrected chi connectivity index (χ2v) is 4.67. The van der Waals surface area contributed by atoms with Crippen molar-refractivity contribution in [1.82, 2.24) is 4.98 Å². The molecule has 0 bridgehead atoms. The average Bonchev–Trinajstić information content (AvgIpc) is 2.17. The third-order valence-corrected chi connectivity index (χ3v) is 2.98. The Balaban J connectivity index is 2.86. The van der Waals surface area contributed by atoms with Gasteiger partial charge in [-0.25, -0.2) is 4.98 Å². The number of hydrogen-bond acceptors (Lipinski definition) is 3. The maximum Gasteiger partial charge on any atom is 0.143 e. The van der Waals surface area contributed by atoms with Gasteiger partial charge in [-0.3, -0.25) is 0 Å². The molecular weight excluding hydrogens is 279 g/mol. The first-order valence-electron chi connectivity index (χ1n) is 4.59. The van der Waals surface area contributed by atoms with E-state index in [2.05, 4.69) is 27.8 Å². The first-order valence-corrected chi connectivity index (χ1v) is 5.76. The van der Waals surface area contributed by atoms with E-state index in [0.29, 0.717) is 11.6 Å². The van der Waals surface area contributed by atoms with Crippen molar-refractivity contribution in [2.75, 3.05) is 25.7 Å². The molecule has 1 aromatic rings.